The van der Waals surface area contributed by atoms with Crippen molar-refractivity contribution in [2.75, 3.05) is 26.7 Å². The molecule has 2 rings (SSSR count). The fourth-order valence-electron chi connectivity index (χ4n) is 3.16. The van der Waals surface area contributed by atoms with Crippen molar-refractivity contribution in [3.05, 3.63) is 29.6 Å². The summed E-state index contributed by atoms with van der Waals surface area (Å²) in [5.74, 6) is 0.407. The Morgan fingerprint density at radius 2 is 2.00 bits per heavy atom. The number of benzene rings is 1. The second-order valence-corrected chi connectivity index (χ2v) is 6.99. The van der Waals surface area contributed by atoms with Crippen molar-refractivity contribution in [2.24, 2.45) is 11.8 Å². The van der Waals surface area contributed by atoms with Crippen LogP contribution in [0, 0.1) is 17.7 Å². The van der Waals surface area contributed by atoms with Crippen LogP contribution in [0.25, 0.3) is 0 Å². The van der Waals surface area contributed by atoms with Crippen molar-refractivity contribution in [2.45, 2.75) is 39.5 Å². The molecule has 0 spiro atoms. The molecule has 128 valence electrons. The monoisotopic (exact) mass is 321 g/mol. The summed E-state index contributed by atoms with van der Waals surface area (Å²) in [5.41, 5.74) is 0.751. The molecule has 4 heteroatoms. The molecule has 3 nitrogen and oxygen atoms in total. The van der Waals surface area contributed by atoms with Gasteiger partial charge in [-0.05, 0) is 49.5 Å². The summed E-state index contributed by atoms with van der Waals surface area (Å²) in [6, 6.07) is 4.89. The van der Waals surface area contributed by atoms with Gasteiger partial charge in [-0.15, -0.1) is 0 Å². The van der Waals surface area contributed by atoms with Gasteiger partial charge in [0.15, 0.2) is 11.6 Å². The van der Waals surface area contributed by atoms with E-state index in [1.54, 1.807) is 6.07 Å². The Hall–Kier alpha value is -1.42. The van der Waals surface area contributed by atoms with Crippen molar-refractivity contribution < 1.29 is 13.9 Å². The lowest BCUT2D eigenvalue weighted by Crippen LogP contribution is -2.38. The number of hydrogen-bond acceptors (Lipinski definition) is 3. The lowest BCUT2D eigenvalue weighted by molar-refractivity contribution is -0.123. The maximum absolute atomic E-state index is 14.1. The average Bonchev–Trinajstić information content (AvgIpc) is 2.53. The van der Waals surface area contributed by atoms with Gasteiger partial charge >= 0.3 is 0 Å². The minimum atomic E-state index is -0.404. The third kappa shape index (κ3) is 4.54. The number of likely N-dealkylation sites (tertiary alicyclic amines) is 1. The van der Waals surface area contributed by atoms with Gasteiger partial charge in [-0.1, -0.05) is 26.8 Å². The van der Waals surface area contributed by atoms with Gasteiger partial charge in [0.25, 0.3) is 0 Å². The van der Waals surface area contributed by atoms with Crippen LogP contribution in [-0.2, 0) is 4.79 Å². The summed E-state index contributed by atoms with van der Waals surface area (Å²) in [7, 11) is 1.45. The van der Waals surface area contributed by atoms with Gasteiger partial charge in [0.1, 0.15) is 5.78 Å². The third-order valence-corrected chi connectivity index (χ3v) is 4.81. The van der Waals surface area contributed by atoms with Gasteiger partial charge < -0.3 is 9.64 Å². The number of nitrogens with zero attached hydrogens (tertiary/aromatic N) is 1. The predicted molar refractivity (Wildman–Crippen MR) is 90.4 cm³/mol. The molecule has 1 atom stereocenters. The topological polar surface area (TPSA) is 29.5 Å². The van der Waals surface area contributed by atoms with Crippen LogP contribution in [0.15, 0.2) is 18.2 Å². The van der Waals surface area contributed by atoms with Crippen LogP contribution in [0.3, 0.4) is 0 Å². The van der Waals surface area contributed by atoms with E-state index in [1.165, 1.54) is 26.0 Å². The van der Waals surface area contributed by atoms with E-state index in [-0.39, 0.29) is 23.4 Å². The van der Waals surface area contributed by atoms with E-state index in [1.807, 2.05) is 19.9 Å². The number of ketones is 1. The Kier molecular flexibility index (Phi) is 6.17. The number of ether oxygens (including phenoxy) is 1. The zero-order chi connectivity index (χ0) is 17.0. The quantitative estimate of drug-likeness (QED) is 0.796. The molecule has 1 aromatic rings. The molecule has 0 saturated carbocycles. The third-order valence-electron chi connectivity index (χ3n) is 4.81. The molecule has 1 saturated heterocycles. The zero-order valence-electron chi connectivity index (χ0n) is 14.6. The molecule has 1 aliphatic heterocycles. The predicted octanol–water partition coefficient (Wildman–Crippen LogP) is 3.87. The lowest BCUT2D eigenvalue weighted by atomic mass is 9.87. The summed E-state index contributed by atoms with van der Waals surface area (Å²) in [5, 5.41) is 0. The molecule has 0 amide bonds. The van der Waals surface area contributed by atoms with Crippen molar-refractivity contribution in [3.8, 4) is 5.75 Å². The first-order valence-electron chi connectivity index (χ1n) is 8.52. The molecule has 0 N–H and O–H groups in total. The molecule has 1 aliphatic rings. The summed E-state index contributed by atoms with van der Waals surface area (Å²) in [6.07, 6.45) is 2.33. The number of methoxy groups -OCH3 is 1. The minimum absolute atomic E-state index is 0.0612. The average molecular weight is 321 g/mol. The van der Waals surface area contributed by atoms with Crippen LogP contribution >= 0.6 is 0 Å². The summed E-state index contributed by atoms with van der Waals surface area (Å²) < 4.78 is 19.0. The second kappa shape index (κ2) is 7.91. The van der Waals surface area contributed by atoms with Crippen molar-refractivity contribution in [1.82, 2.24) is 4.90 Å². The van der Waals surface area contributed by atoms with Crippen LogP contribution in [0.5, 0.6) is 5.75 Å². The number of hydrogen-bond donors (Lipinski definition) is 0. The number of halogens is 1. The fourth-order valence-corrected chi connectivity index (χ4v) is 3.16. The number of carbonyl (C=O) groups is 1. The molecule has 0 unspecified atom stereocenters. The van der Waals surface area contributed by atoms with E-state index in [4.69, 9.17) is 4.74 Å². The highest BCUT2D eigenvalue weighted by molar-refractivity contribution is 5.87. The van der Waals surface area contributed by atoms with E-state index in [2.05, 4.69) is 11.8 Å². The van der Waals surface area contributed by atoms with Gasteiger partial charge in [0, 0.05) is 12.5 Å². The molecule has 1 heterocycles. The number of carbonyl (C=O) groups excluding carboxylic acids is 1. The van der Waals surface area contributed by atoms with Crippen LogP contribution in [0.2, 0.25) is 0 Å². The first-order valence-corrected chi connectivity index (χ1v) is 8.52. The second-order valence-electron chi connectivity index (χ2n) is 6.99. The van der Waals surface area contributed by atoms with Crippen molar-refractivity contribution in [1.29, 1.82) is 0 Å². The number of Topliss-reactive ketones (excluding diaryl/α,β-unsaturated/α-hetero) is 1. The highest BCUT2D eigenvalue weighted by atomic mass is 19.1. The normalized spacial score (nSPS) is 18.2. The van der Waals surface area contributed by atoms with Crippen LogP contribution in [-0.4, -0.2) is 37.4 Å². The van der Waals surface area contributed by atoms with Gasteiger partial charge in [-0.2, -0.15) is 0 Å². The molecule has 0 aromatic heterocycles. The largest absolute Gasteiger partial charge is 0.494 e. The fraction of sp³-hybridized carbons (Fsp3) is 0.632. The Morgan fingerprint density at radius 3 is 2.52 bits per heavy atom. The van der Waals surface area contributed by atoms with E-state index < -0.39 is 5.82 Å². The SMILES string of the molecule is COc1ccc([C@H](CN2CCC(C)CC2)C(=O)C(C)C)cc1F. The van der Waals surface area contributed by atoms with E-state index in [9.17, 15) is 9.18 Å². The van der Waals surface area contributed by atoms with E-state index in [0.29, 0.717) is 6.54 Å². The molecular weight excluding hydrogens is 293 g/mol. The maximum Gasteiger partial charge on any atom is 0.165 e. The van der Waals surface area contributed by atoms with Crippen molar-refractivity contribution in [3.63, 3.8) is 0 Å². The molecule has 0 aliphatic carbocycles. The number of rotatable bonds is 6. The Morgan fingerprint density at radius 1 is 1.35 bits per heavy atom. The van der Waals surface area contributed by atoms with Crippen LogP contribution < -0.4 is 4.74 Å². The first kappa shape index (κ1) is 17.9. The van der Waals surface area contributed by atoms with Gasteiger partial charge in [0.2, 0.25) is 0 Å². The van der Waals surface area contributed by atoms with E-state index in [0.717, 1.165) is 24.6 Å². The molecule has 1 fully saturated rings. The Balaban J connectivity index is 2.20. The molecule has 1 aromatic carbocycles. The van der Waals surface area contributed by atoms with Gasteiger partial charge in [-0.3, -0.25) is 4.79 Å². The maximum atomic E-state index is 14.1. The van der Waals surface area contributed by atoms with E-state index >= 15 is 0 Å². The molecular formula is C19H28FNO2. The highest BCUT2D eigenvalue weighted by Crippen LogP contribution is 2.28. The standard InChI is InChI=1S/C19H28FNO2/c1-13(2)19(22)16(12-21-9-7-14(3)8-10-21)15-5-6-18(23-4)17(20)11-15/h5-6,11,13-14,16H,7-10,12H2,1-4H3/t16-/m0/s1. The first-order chi connectivity index (χ1) is 10.9. The summed E-state index contributed by atoms with van der Waals surface area (Å²) >= 11 is 0. The van der Waals surface area contributed by atoms with Gasteiger partial charge in [-0.25, -0.2) is 4.39 Å². The van der Waals surface area contributed by atoms with Crippen molar-refractivity contribution >= 4 is 5.78 Å². The van der Waals surface area contributed by atoms with Crippen LogP contribution in [0.1, 0.15) is 45.1 Å². The smallest absolute Gasteiger partial charge is 0.165 e. The molecule has 0 radical (unpaired) electrons. The highest BCUT2D eigenvalue weighted by Gasteiger charge is 2.27. The Bertz CT molecular complexity index is 536. The van der Waals surface area contributed by atoms with Crippen LogP contribution in [0.4, 0.5) is 4.39 Å². The summed E-state index contributed by atoms with van der Waals surface area (Å²) in [4.78, 5) is 15.0. The minimum Gasteiger partial charge on any atom is -0.494 e. The zero-order valence-corrected chi connectivity index (χ0v) is 14.6. The Labute approximate surface area is 138 Å². The molecule has 23 heavy (non-hydrogen) atoms. The lowest BCUT2D eigenvalue weighted by Gasteiger charge is -2.33. The number of piperidine rings is 1. The summed E-state index contributed by atoms with van der Waals surface area (Å²) in [6.45, 7) is 8.80. The van der Waals surface area contributed by atoms with Gasteiger partial charge in [0.05, 0.1) is 13.0 Å². The molecule has 0 bridgehead atoms.